The molecule has 3 rings (SSSR count). The van der Waals surface area contributed by atoms with Gasteiger partial charge in [0.25, 0.3) is 5.91 Å². The van der Waals surface area contributed by atoms with Crippen LogP contribution < -0.4 is 10.1 Å². The quantitative estimate of drug-likeness (QED) is 0.692. The Morgan fingerprint density at radius 1 is 1.00 bits per heavy atom. The summed E-state index contributed by atoms with van der Waals surface area (Å²) >= 11 is 0. The maximum absolute atomic E-state index is 12.6. The summed E-state index contributed by atoms with van der Waals surface area (Å²) in [5, 5.41) is 5.24. The van der Waals surface area contributed by atoms with Crippen molar-refractivity contribution in [1.29, 1.82) is 0 Å². The van der Waals surface area contributed by atoms with E-state index >= 15 is 0 Å². The van der Waals surface area contributed by atoms with Gasteiger partial charge >= 0.3 is 0 Å². The highest BCUT2D eigenvalue weighted by Crippen LogP contribution is 2.23. The summed E-state index contributed by atoms with van der Waals surface area (Å²) in [4.78, 5) is 12.6. The summed E-state index contributed by atoms with van der Waals surface area (Å²) in [5.41, 5.74) is 3.06. The minimum atomic E-state index is -0.526. The Labute approximate surface area is 148 Å². The molecule has 3 aromatic rings. The molecule has 3 nitrogen and oxygen atoms in total. The van der Waals surface area contributed by atoms with Crippen LogP contribution in [0.15, 0.2) is 60.7 Å². The Hall–Kier alpha value is -2.81. The van der Waals surface area contributed by atoms with E-state index < -0.39 is 6.10 Å². The topological polar surface area (TPSA) is 38.3 Å². The Bertz CT molecular complexity index is 901. The van der Waals surface area contributed by atoms with Crippen LogP contribution in [-0.2, 0) is 4.79 Å². The lowest BCUT2D eigenvalue weighted by Crippen LogP contribution is -2.32. The first-order valence-corrected chi connectivity index (χ1v) is 8.60. The fraction of sp³-hybridized carbons (Fsp3) is 0.227. The van der Waals surface area contributed by atoms with Gasteiger partial charge in [-0.2, -0.15) is 0 Å². The molecule has 1 atom stereocenters. The average molecular weight is 333 g/mol. The van der Waals surface area contributed by atoms with Crippen molar-refractivity contribution in [3.8, 4) is 5.75 Å². The number of fused-ring (bicyclic) bond motifs is 1. The van der Waals surface area contributed by atoms with E-state index in [1.54, 1.807) is 0 Å². The van der Waals surface area contributed by atoms with Gasteiger partial charge in [0.2, 0.25) is 0 Å². The predicted molar refractivity (Wildman–Crippen MR) is 103 cm³/mol. The number of anilines is 1. The standard InChI is InChI=1S/C22H23NO2/c1-4-21(22(24)23-20-12-9-15(2)13-16(20)3)25-19-11-10-17-7-5-6-8-18(17)14-19/h5-14,21H,4H2,1-3H3,(H,23,24)/t21-/m0/s1. The largest absolute Gasteiger partial charge is 0.481 e. The van der Waals surface area contributed by atoms with Crippen LogP contribution >= 0.6 is 0 Å². The monoisotopic (exact) mass is 333 g/mol. The maximum atomic E-state index is 12.6. The van der Waals surface area contributed by atoms with Crippen LogP contribution in [0.1, 0.15) is 24.5 Å². The molecule has 0 bridgehead atoms. The van der Waals surface area contributed by atoms with E-state index in [1.165, 1.54) is 5.56 Å². The number of benzene rings is 3. The van der Waals surface area contributed by atoms with Crippen molar-refractivity contribution < 1.29 is 9.53 Å². The number of carbonyl (C=O) groups excluding carboxylic acids is 1. The highest BCUT2D eigenvalue weighted by molar-refractivity contribution is 5.95. The van der Waals surface area contributed by atoms with E-state index in [0.29, 0.717) is 12.2 Å². The lowest BCUT2D eigenvalue weighted by atomic mass is 10.1. The van der Waals surface area contributed by atoms with Crippen LogP contribution in [0.25, 0.3) is 10.8 Å². The molecule has 0 aliphatic rings. The van der Waals surface area contributed by atoms with Gasteiger partial charge < -0.3 is 10.1 Å². The van der Waals surface area contributed by atoms with Gasteiger partial charge in [0.05, 0.1) is 0 Å². The molecule has 0 saturated heterocycles. The first-order valence-electron chi connectivity index (χ1n) is 8.60. The fourth-order valence-electron chi connectivity index (χ4n) is 2.89. The second-order valence-electron chi connectivity index (χ2n) is 6.33. The summed E-state index contributed by atoms with van der Waals surface area (Å²) < 4.78 is 5.96. The Balaban J connectivity index is 1.75. The van der Waals surface area contributed by atoms with E-state index in [0.717, 1.165) is 22.0 Å². The first kappa shape index (κ1) is 17.0. The molecular formula is C22H23NO2. The van der Waals surface area contributed by atoms with Crippen molar-refractivity contribution >= 4 is 22.4 Å². The molecule has 0 radical (unpaired) electrons. The van der Waals surface area contributed by atoms with Crippen LogP contribution in [0.4, 0.5) is 5.69 Å². The Kier molecular flexibility index (Phi) is 5.03. The highest BCUT2D eigenvalue weighted by atomic mass is 16.5. The summed E-state index contributed by atoms with van der Waals surface area (Å²) in [6.07, 6.45) is 0.0747. The lowest BCUT2D eigenvalue weighted by Gasteiger charge is -2.18. The first-order chi connectivity index (χ1) is 12.1. The zero-order chi connectivity index (χ0) is 17.8. The third-order valence-electron chi connectivity index (χ3n) is 4.30. The number of rotatable bonds is 5. The summed E-state index contributed by atoms with van der Waals surface area (Å²) in [6.45, 7) is 5.98. The van der Waals surface area contributed by atoms with Crippen molar-refractivity contribution in [3.05, 3.63) is 71.8 Å². The number of hydrogen-bond donors (Lipinski definition) is 1. The van der Waals surface area contributed by atoms with E-state index in [1.807, 2.05) is 69.3 Å². The third-order valence-corrected chi connectivity index (χ3v) is 4.30. The van der Waals surface area contributed by atoms with Crippen molar-refractivity contribution in [2.45, 2.75) is 33.3 Å². The smallest absolute Gasteiger partial charge is 0.265 e. The summed E-state index contributed by atoms with van der Waals surface area (Å²) in [6, 6.07) is 20.0. The second-order valence-corrected chi connectivity index (χ2v) is 6.33. The van der Waals surface area contributed by atoms with E-state index in [4.69, 9.17) is 4.74 Å². The molecule has 0 aliphatic heterocycles. The lowest BCUT2D eigenvalue weighted by molar-refractivity contribution is -0.122. The van der Waals surface area contributed by atoms with E-state index in [-0.39, 0.29) is 5.91 Å². The number of carbonyl (C=O) groups is 1. The molecule has 1 amide bonds. The highest BCUT2D eigenvalue weighted by Gasteiger charge is 2.19. The van der Waals surface area contributed by atoms with Gasteiger partial charge in [-0.05, 0) is 54.8 Å². The van der Waals surface area contributed by atoms with Crippen molar-refractivity contribution in [2.75, 3.05) is 5.32 Å². The van der Waals surface area contributed by atoms with Gasteiger partial charge in [-0.1, -0.05) is 55.0 Å². The maximum Gasteiger partial charge on any atom is 0.265 e. The summed E-state index contributed by atoms with van der Waals surface area (Å²) in [5.74, 6) is 0.587. The predicted octanol–water partition coefficient (Wildman–Crippen LogP) is 5.25. The Morgan fingerprint density at radius 2 is 1.76 bits per heavy atom. The van der Waals surface area contributed by atoms with Crippen LogP contribution in [0.3, 0.4) is 0 Å². The number of amides is 1. The van der Waals surface area contributed by atoms with Crippen molar-refractivity contribution in [1.82, 2.24) is 0 Å². The minimum absolute atomic E-state index is 0.123. The minimum Gasteiger partial charge on any atom is -0.481 e. The fourth-order valence-corrected chi connectivity index (χ4v) is 2.89. The molecule has 0 aliphatic carbocycles. The van der Waals surface area contributed by atoms with Crippen LogP contribution in [0.5, 0.6) is 5.75 Å². The normalized spacial score (nSPS) is 12.0. The molecule has 0 aromatic heterocycles. The molecule has 0 saturated carbocycles. The molecule has 1 N–H and O–H groups in total. The molecule has 128 valence electrons. The molecule has 0 fully saturated rings. The number of aryl methyl sites for hydroxylation is 2. The van der Waals surface area contributed by atoms with Gasteiger partial charge in [0, 0.05) is 5.69 Å². The molecule has 3 aromatic carbocycles. The molecule has 0 unspecified atom stereocenters. The van der Waals surface area contributed by atoms with Crippen LogP contribution in [-0.4, -0.2) is 12.0 Å². The van der Waals surface area contributed by atoms with Crippen LogP contribution in [0, 0.1) is 13.8 Å². The molecule has 25 heavy (non-hydrogen) atoms. The number of nitrogens with one attached hydrogen (secondary N) is 1. The Morgan fingerprint density at radius 3 is 2.48 bits per heavy atom. The molecule has 3 heteroatoms. The van der Waals surface area contributed by atoms with Crippen molar-refractivity contribution in [2.24, 2.45) is 0 Å². The van der Waals surface area contributed by atoms with Gasteiger partial charge in [-0.3, -0.25) is 4.79 Å². The average Bonchev–Trinajstić information content (AvgIpc) is 2.61. The van der Waals surface area contributed by atoms with Crippen molar-refractivity contribution in [3.63, 3.8) is 0 Å². The van der Waals surface area contributed by atoms with Gasteiger partial charge in [0.1, 0.15) is 5.75 Å². The molecule has 0 spiro atoms. The molecular weight excluding hydrogens is 310 g/mol. The number of ether oxygens (including phenoxy) is 1. The second kappa shape index (κ2) is 7.39. The third kappa shape index (κ3) is 4.00. The summed E-state index contributed by atoms with van der Waals surface area (Å²) in [7, 11) is 0. The molecule has 0 heterocycles. The van der Waals surface area contributed by atoms with Gasteiger partial charge in [0.15, 0.2) is 6.10 Å². The van der Waals surface area contributed by atoms with Gasteiger partial charge in [-0.15, -0.1) is 0 Å². The SMILES string of the molecule is CC[C@H](Oc1ccc2ccccc2c1)C(=O)Nc1ccc(C)cc1C. The van der Waals surface area contributed by atoms with E-state index in [9.17, 15) is 4.79 Å². The zero-order valence-electron chi connectivity index (χ0n) is 14.9. The zero-order valence-corrected chi connectivity index (χ0v) is 14.9. The number of hydrogen-bond acceptors (Lipinski definition) is 2. The van der Waals surface area contributed by atoms with E-state index in [2.05, 4.69) is 17.4 Å². The van der Waals surface area contributed by atoms with Gasteiger partial charge in [-0.25, -0.2) is 0 Å². The van der Waals surface area contributed by atoms with Crippen LogP contribution in [0.2, 0.25) is 0 Å².